The Bertz CT molecular complexity index is 714. The van der Waals surface area contributed by atoms with Crippen LogP contribution in [0.25, 0.3) is 0 Å². The summed E-state index contributed by atoms with van der Waals surface area (Å²) in [5, 5.41) is 4.88. The summed E-state index contributed by atoms with van der Waals surface area (Å²) in [6, 6.07) is 6.75. The fraction of sp³-hybridized carbons (Fsp3) is 0.412. The predicted octanol–water partition coefficient (Wildman–Crippen LogP) is 0.179. The molecule has 5 amide bonds. The standard InChI is InChI=1S/C17H22N4O4/c1-10(2)11-4-6-12(7-5-11)17(3)15(24)21(16(25)20-17)9-14(23)19-8-13(18)22/h4-7,10H,8-9H2,1-3H3,(H2,18,22)(H,19,23)(H,20,25)/t17-/m1/s1. The van der Waals surface area contributed by atoms with Crippen LogP contribution in [0.4, 0.5) is 4.79 Å². The van der Waals surface area contributed by atoms with Gasteiger partial charge in [-0.15, -0.1) is 0 Å². The smallest absolute Gasteiger partial charge is 0.325 e. The Kier molecular flexibility index (Phi) is 5.10. The van der Waals surface area contributed by atoms with Crippen LogP contribution in [0, 0.1) is 0 Å². The monoisotopic (exact) mass is 346 g/mol. The van der Waals surface area contributed by atoms with E-state index in [0.29, 0.717) is 11.5 Å². The zero-order valence-electron chi connectivity index (χ0n) is 14.5. The molecule has 0 spiro atoms. The van der Waals surface area contributed by atoms with Gasteiger partial charge < -0.3 is 16.4 Å². The molecule has 8 heteroatoms. The van der Waals surface area contributed by atoms with Crippen molar-refractivity contribution < 1.29 is 19.2 Å². The lowest BCUT2D eigenvalue weighted by molar-refractivity contribution is -0.135. The van der Waals surface area contributed by atoms with Gasteiger partial charge in [0.05, 0.1) is 6.54 Å². The number of urea groups is 1. The van der Waals surface area contributed by atoms with Crippen molar-refractivity contribution in [2.45, 2.75) is 32.2 Å². The first-order chi connectivity index (χ1) is 11.6. The van der Waals surface area contributed by atoms with Gasteiger partial charge in [0.2, 0.25) is 11.8 Å². The Hall–Kier alpha value is -2.90. The minimum absolute atomic E-state index is 0.348. The van der Waals surface area contributed by atoms with E-state index in [-0.39, 0.29) is 6.54 Å². The average molecular weight is 346 g/mol. The Labute approximate surface area is 145 Å². The van der Waals surface area contributed by atoms with Crippen molar-refractivity contribution in [1.29, 1.82) is 0 Å². The minimum atomic E-state index is -1.24. The lowest BCUT2D eigenvalue weighted by Crippen LogP contribution is -2.44. The molecule has 0 aliphatic carbocycles. The number of imide groups is 1. The van der Waals surface area contributed by atoms with Crippen LogP contribution >= 0.6 is 0 Å². The van der Waals surface area contributed by atoms with Gasteiger partial charge in [0.25, 0.3) is 5.91 Å². The molecule has 1 heterocycles. The molecule has 0 unspecified atom stereocenters. The largest absolute Gasteiger partial charge is 0.368 e. The summed E-state index contributed by atoms with van der Waals surface area (Å²) >= 11 is 0. The molecule has 1 aromatic carbocycles. The van der Waals surface area contributed by atoms with Crippen LogP contribution in [0.5, 0.6) is 0 Å². The molecule has 0 aromatic heterocycles. The lowest BCUT2D eigenvalue weighted by Gasteiger charge is -2.22. The molecule has 25 heavy (non-hydrogen) atoms. The van der Waals surface area contributed by atoms with Crippen LogP contribution in [0.2, 0.25) is 0 Å². The summed E-state index contributed by atoms with van der Waals surface area (Å²) in [7, 11) is 0. The molecule has 1 aromatic rings. The van der Waals surface area contributed by atoms with Gasteiger partial charge in [0, 0.05) is 0 Å². The van der Waals surface area contributed by atoms with E-state index in [4.69, 9.17) is 5.73 Å². The normalized spacial score (nSPS) is 19.9. The second kappa shape index (κ2) is 6.92. The van der Waals surface area contributed by atoms with Gasteiger partial charge in [-0.2, -0.15) is 0 Å². The van der Waals surface area contributed by atoms with Crippen LogP contribution in [-0.4, -0.2) is 41.7 Å². The van der Waals surface area contributed by atoms with Crippen LogP contribution in [-0.2, 0) is 19.9 Å². The fourth-order valence-electron chi connectivity index (χ4n) is 2.62. The lowest BCUT2D eigenvalue weighted by atomic mass is 9.90. The molecule has 2 rings (SSSR count). The second-order valence-electron chi connectivity index (χ2n) is 6.47. The molecule has 1 saturated heterocycles. The van der Waals surface area contributed by atoms with E-state index in [2.05, 4.69) is 24.5 Å². The van der Waals surface area contributed by atoms with E-state index < -0.39 is 35.8 Å². The first kappa shape index (κ1) is 18.4. The summed E-state index contributed by atoms with van der Waals surface area (Å²) in [4.78, 5) is 48.1. The summed E-state index contributed by atoms with van der Waals surface area (Å²) in [6.07, 6.45) is 0. The number of nitrogens with one attached hydrogen (secondary N) is 2. The highest BCUT2D eigenvalue weighted by atomic mass is 16.2. The summed E-state index contributed by atoms with van der Waals surface area (Å²) in [6.45, 7) is 4.89. The molecule has 0 radical (unpaired) electrons. The number of nitrogens with zero attached hydrogens (tertiary/aromatic N) is 1. The first-order valence-electron chi connectivity index (χ1n) is 7.94. The molecular formula is C17H22N4O4. The molecule has 1 aliphatic heterocycles. The van der Waals surface area contributed by atoms with Crippen molar-refractivity contribution >= 4 is 23.8 Å². The maximum Gasteiger partial charge on any atom is 0.325 e. The predicted molar refractivity (Wildman–Crippen MR) is 90.3 cm³/mol. The van der Waals surface area contributed by atoms with E-state index in [1.54, 1.807) is 19.1 Å². The number of amides is 5. The van der Waals surface area contributed by atoms with Crippen molar-refractivity contribution in [3.8, 4) is 0 Å². The molecule has 4 N–H and O–H groups in total. The fourth-order valence-corrected chi connectivity index (χ4v) is 2.62. The van der Waals surface area contributed by atoms with E-state index in [1.807, 2.05) is 12.1 Å². The summed E-state index contributed by atoms with van der Waals surface area (Å²) in [5.74, 6) is -1.52. The third-order valence-corrected chi connectivity index (χ3v) is 4.19. The zero-order chi connectivity index (χ0) is 18.8. The number of benzene rings is 1. The number of nitrogens with two attached hydrogens (primary N) is 1. The number of carbonyl (C=O) groups is 4. The topological polar surface area (TPSA) is 122 Å². The minimum Gasteiger partial charge on any atom is -0.368 e. The molecule has 0 bridgehead atoms. The molecule has 134 valence electrons. The zero-order valence-corrected chi connectivity index (χ0v) is 14.5. The van der Waals surface area contributed by atoms with Gasteiger partial charge in [-0.1, -0.05) is 38.1 Å². The number of rotatable bonds is 6. The van der Waals surface area contributed by atoms with Crippen LogP contribution in [0.15, 0.2) is 24.3 Å². The highest BCUT2D eigenvalue weighted by Crippen LogP contribution is 2.29. The molecule has 1 atom stereocenters. The van der Waals surface area contributed by atoms with Crippen LogP contribution in [0.1, 0.15) is 37.8 Å². The van der Waals surface area contributed by atoms with Gasteiger partial charge in [-0.3, -0.25) is 19.3 Å². The molecule has 0 saturated carbocycles. The van der Waals surface area contributed by atoms with E-state index in [1.165, 1.54) is 0 Å². The van der Waals surface area contributed by atoms with Crippen molar-refractivity contribution in [1.82, 2.24) is 15.5 Å². The third-order valence-electron chi connectivity index (χ3n) is 4.19. The van der Waals surface area contributed by atoms with Gasteiger partial charge in [0.1, 0.15) is 12.1 Å². The summed E-state index contributed by atoms with van der Waals surface area (Å²) in [5.41, 5.74) is 5.45. The Morgan fingerprint density at radius 1 is 1.24 bits per heavy atom. The van der Waals surface area contributed by atoms with Gasteiger partial charge >= 0.3 is 6.03 Å². The highest BCUT2D eigenvalue weighted by molar-refractivity contribution is 6.09. The molecule has 8 nitrogen and oxygen atoms in total. The number of carbonyl (C=O) groups excluding carboxylic acids is 4. The number of primary amides is 1. The average Bonchev–Trinajstić information content (AvgIpc) is 2.77. The Balaban J connectivity index is 2.15. The van der Waals surface area contributed by atoms with Gasteiger partial charge in [-0.25, -0.2) is 4.79 Å². The van der Waals surface area contributed by atoms with Crippen LogP contribution < -0.4 is 16.4 Å². The Morgan fingerprint density at radius 2 is 1.84 bits per heavy atom. The van der Waals surface area contributed by atoms with E-state index >= 15 is 0 Å². The van der Waals surface area contributed by atoms with Crippen molar-refractivity contribution in [3.05, 3.63) is 35.4 Å². The van der Waals surface area contributed by atoms with Gasteiger partial charge in [0.15, 0.2) is 0 Å². The maximum atomic E-state index is 12.7. The van der Waals surface area contributed by atoms with E-state index in [9.17, 15) is 19.2 Å². The molecule has 1 fully saturated rings. The summed E-state index contributed by atoms with van der Waals surface area (Å²) < 4.78 is 0. The third kappa shape index (κ3) is 3.78. The first-order valence-corrected chi connectivity index (χ1v) is 7.94. The van der Waals surface area contributed by atoms with Crippen molar-refractivity contribution in [2.24, 2.45) is 5.73 Å². The second-order valence-corrected chi connectivity index (χ2v) is 6.47. The Morgan fingerprint density at radius 3 is 2.36 bits per heavy atom. The van der Waals surface area contributed by atoms with Crippen molar-refractivity contribution in [3.63, 3.8) is 0 Å². The van der Waals surface area contributed by atoms with E-state index in [0.717, 1.165) is 10.5 Å². The number of hydrogen-bond acceptors (Lipinski definition) is 4. The molecule has 1 aliphatic rings. The highest BCUT2D eigenvalue weighted by Gasteiger charge is 2.49. The van der Waals surface area contributed by atoms with Crippen molar-refractivity contribution in [2.75, 3.05) is 13.1 Å². The van der Waals surface area contributed by atoms with Gasteiger partial charge in [-0.05, 0) is 24.0 Å². The molecular weight excluding hydrogens is 324 g/mol. The maximum absolute atomic E-state index is 12.7. The number of hydrogen-bond donors (Lipinski definition) is 3. The quantitative estimate of drug-likeness (QED) is 0.636. The van der Waals surface area contributed by atoms with Crippen LogP contribution in [0.3, 0.4) is 0 Å². The SMILES string of the molecule is CC(C)c1ccc([C@@]2(C)NC(=O)N(CC(=O)NCC(N)=O)C2=O)cc1.